The van der Waals surface area contributed by atoms with E-state index in [4.69, 9.17) is 0 Å². The van der Waals surface area contributed by atoms with Gasteiger partial charge in [-0.15, -0.1) is 21.5 Å². The molecule has 6 heteroatoms. The van der Waals surface area contributed by atoms with Crippen LogP contribution < -0.4 is 5.32 Å². The Hall–Kier alpha value is -1.01. The van der Waals surface area contributed by atoms with Gasteiger partial charge in [-0.1, -0.05) is 18.3 Å². The van der Waals surface area contributed by atoms with E-state index in [0.717, 1.165) is 27.1 Å². The van der Waals surface area contributed by atoms with Gasteiger partial charge in [0.05, 0.1) is 16.1 Å². The minimum atomic E-state index is 0.843. The Bertz CT molecular complexity index is 420. The molecule has 0 aromatic carbocycles. The monoisotopic (exact) mass is 226 g/mol. The van der Waals surface area contributed by atoms with E-state index >= 15 is 0 Å². The molecule has 0 spiro atoms. The fourth-order valence-electron chi connectivity index (χ4n) is 1.11. The Morgan fingerprint density at radius 2 is 2.29 bits per heavy atom. The molecule has 0 radical (unpaired) electrons. The number of rotatable bonds is 3. The summed E-state index contributed by atoms with van der Waals surface area (Å²) in [5.74, 6) is 0. The summed E-state index contributed by atoms with van der Waals surface area (Å²) in [6.07, 6.45) is 0.938. The lowest BCUT2D eigenvalue weighted by Gasteiger charge is -1.92. The maximum atomic E-state index is 4.28. The average molecular weight is 226 g/mol. The molecule has 74 valence electrons. The van der Waals surface area contributed by atoms with Crippen LogP contribution >= 0.6 is 22.7 Å². The molecule has 2 heterocycles. The van der Waals surface area contributed by atoms with E-state index in [2.05, 4.69) is 27.4 Å². The molecule has 0 saturated heterocycles. The quantitative estimate of drug-likeness (QED) is 0.872. The molecule has 2 rings (SSSR count). The van der Waals surface area contributed by atoms with Crippen LogP contribution in [-0.4, -0.2) is 22.2 Å². The van der Waals surface area contributed by atoms with Crippen molar-refractivity contribution in [2.45, 2.75) is 13.3 Å². The molecular weight excluding hydrogens is 216 g/mol. The normalized spacial score (nSPS) is 10.4. The summed E-state index contributed by atoms with van der Waals surface area (Å²) >= 11 is 3.18. The highest BCUT2D eigenvalue weighted by Gasteiger charge is 2.11. The second kappa shape index (κ2) is 4.02. The van der Waals surface area contributed by atoms with Crippen molar-refractivity contribution in [2.24, 2.45) is 0 Å². The first-order chi connectivity index (χ1) is 6.85. The molecular formula is C8H10N4S2. The lowest BCUT2D eigenvalue weighted by atomic mass is 10.3. The highest BCUT2D eigenvalue weighted by molar-refractivity contribution is 7.22. The number of nitrogens with one attached hydrogen (secondary N) is 1. The molecule has 0 unspecified atom stereocenters. The number of anilines is 1. The van der Waals surface area contributed by atoms with Gasteiger partial charge < -0.3 is 5.32 Å². The predicted octanol–water partition coefficient (Wildman–Crippen LogP) is 2.27. The molecule has 0 aliphatic carbocycles. The highest BCUT2D eigenvalue weighted by atomic mass is 32.1. The van der Waals surface area contributed by atoms with Crippen molar-refractivity contribution < 1.29 is 0 Å². The zero-order valence-corrected chi connectivity index (χ0v) is 9.58. The van der Waals surface area contributed by atoms with Gasteiger partial charge in [-0.05, 0) is 6.42 Å². The number of thiazole rings is 1. The van der Waals surface area contributed by atoms with Crippen molar-refractivity contribution in [3.63, 3.8) is 0 Å². The summed E-state index contributed by atoms with van der Waals surface area (Å²) in [6, 6.07) is 0. The number of nitrogens with zero attached hydrogens (tertiary/aromatic N) is 3. The van der Waals surface area contributed by atoms with Gasteiger partial charge in [0.1, 0.15) is 0 Å². The fraction of sp³-hybridized carbons (Fsp3) is 0.375. The van der Waals surface area contributed by atoms with Crippen LogP contribution in [0.2, 0.25) is 0 Å². The molecule has 1 N–H and O–H groups in total. The summed E-state index contributed by atoms with van der Waals surface area (Å²) < 4.78 is 0. The third-order valence-corrected chi connectivity index (χ3v) is 3.77. The molecule has 2 aromatic heterocycles. The topological polar surface area (TPSA) is 50.7 Å². The summed E-state index contributed by atoms with van der Waals surface area (Å²) in [4.78, 5) is 5.43. The van der Waals surface area contributed by atoms with E-state index in [1.54, 1.807) is 22.7 Å². The third kappa shape index (κ3) is 1.62. The molecule has 0 saturated carbocycles. The van der Waals surface area contributed by atoms with Crippen LogP contribution in [0, 0.1) is 0 Å². The van der Waals surface area contributed by atoms with Crippen molar-refractivity contribution in [2.75, 3.05) is 12.4 Å². The van der Waals surface area contributed by atoms with Crippen molar-refractivity contribution in [1.82, 2.24) is 15.2 Å². The van der Waals surface area contributed by atoms with E-state index in [0.29, 0.717) is 0 Å². The molecule has 0 amide bonds. The fourth-order valence-corrected chi connectivity index (χ4v) is 2.80. The zero-order chi connectivity index (χ0) is 9.97. The molecule has 0 fully saturated rings. The van der Waals surface area contributed by atoms with Crippen LogP contribution in [-0.2, 0) is 6.42 Å². The summed E-state index contributed by atoms with van der Waals surface area (Å²) in [5, 5.41) is 12.9. The molecule has 0 atom stereocenters. The van der Waals surface area contributed by atoms with Crippen molar-refractivity contribution in [3.8, 4) is 9.88 Å². The minimum absolute atomic E-state index is 0.843. The third-order valence-electron chi connectivity index (χ3n) is 1.81. The first-order valence-corrected chi connectivity index (χ1v) is 5.98. The van der Waals surface area contributed by atoms with Crippen LogP contribution in [0.25, 0.3) is 9.88 Å². The molecule has 4 nitrogen and oxygen atoms in total. The maximum absolute atomic E-state index is 4.28. The predicted molar refractivity (Wildman–Crippen MR) is 59.9 cm³/mol. The van der Waals surface area contributed by atoms with Gasteiger partial charge in [0, 0.05) is 7.05 Å². The second-order valence-electron chi connectivity index (χ2n) is 2.64. The average Bonchev–Trinajstić information content (AvgIpc) is 2.85. The van der Waals surface area contributed by atoms with E-state index in [9.17, 15) is 0 Å². The van der Waals surface area contributed by atoms with Crippen LogP contribution in [0.4, 0.5) is 5.13 Å². The van der Waals surface area contributed by atoms with Gasteiger partial charge in [0.15, 0.2) is 5.01 Å². The van der Waals surface area contributed by atoms with Gasteiger partial charge in [0.2, 0.25) is 5.13 Å². The highest BCUT2D eigenvalue weighted by Crippen LogP contribution is 2.31. The Kier molecular flexibility index (Phi) is 2.74. The van der Waals surface area contributed by atoms with Gasteiger partial charge in [-0.25, -0.2) is 4.98 Å². The Labute approximate surface area is 90.0 Å². The van der Waals surface area contributed by atoms with Gasteiger partial charge in [0.25, 0.3) is 0 Å². The smallest absolute Gasteiger partial charge is 0.205 e. The minimum Gasteiger partial charge on any atom is -0.363 e. The zero-order valence-electron chi connectivity index (χ0n) is 7.94. The van der Waals surface area contributed by atoms with Crippen molar-refractivity contribution >= 4 is 27.8 Å². The van der Waals surface area contributed by atoms with Crippen molar-refractivity contribution in [3.05, 3.63) is 11.2 Å². The SMILES string of the molecule is CCc1ncsc1-c1nnc(NC)s1. The Morgan fingerprint density at radius 3 is 2.93 bits per heavy atom. The molecule has 2 aromatic rings. The number of hydrogen-bond acceptors (Lipinski definition) is 6. The van der Waals surface area contributed by atoms with Crippen LogP contribution in [0.15, 0.2) is 5.51 Å². The van der Waals surface area contributed by atoms with Crippen molar-refractivity contribution in [1.29, 1.82) is 0 Å². The lowest BCUT2D eigenvalue weighted by Crippen LogP contribution is -1.84. The van der Waals surface area contributed by atoms with Crippen LogP contribution in [0.5, 0.6) is 0 Å². The molecule has 0 aliphatic heterocycles. The van der Waals surface area contributed by atoms with E-state index in [-0.39, 0.29) is 0 Å². The van der Waals surface area contributed by atoms with E-state index in [1.807, 2.05) is 12.6 Å². The summed E-state index contributed by atoms with van der Waals surface area (Å²) in [5.41, 5.74) is 2.96. The first-order valence-electron chi connectivity index (χ1n) is 4.29. The second-order valence-corrected chi connectivity index (χ2v) is 4.48. The molecule has 0 aliphatic rings. The molecule has 14 heavy (non-hydrogen) atoms. The first kappa shape index (κ1) is 9.54. The summed E-state index contributed by atoms with van der Waals surface area (Å²) in [7, 11) is 1.84. The standard InChI is InChI=1S/C8H10N4S2/c1-3-5-6(13-4-10-5)7-11-12-8(9-2)14-7/h4H,3H2,1-2H3,(H,9,12). The van der Waals surface area contributed by atoms with E-state index in [1.165, 1.54) is 0 Å². The van der Waals surface area contributed by atoms with Crippen LogP contribution in [0.3, 0.4) is 0 Å². The van der Waals surface area contributed by atoms with Gasteiger partial charge >= 0.3 is 0 Å². The Morgan fingerprint density at radius 1 is 1.43 bits per heavy atom. The number of aryl methyl sites for hydroxylation is 1. The van der Waals surface area contributed by atoms with Crippen LogP contribution in [0.1, 0.15) is 12.6 Å². The van der Waals surface area contributed by atoms with E-state index < -0.39 is 0 Å². The number of hydrogen-bond donors (Lipinski definition) is 1. The maximum Gasteiger partial charge on any atom is 0.205 e. The number of aromatic nitrogens is 3. The molecule has 0 bridgehead atoms. The largest absolute Gasteiger partial charge is 0.363 e. The van der Waals surface area contributed by atoms with Gasteiger partial charge in [-0.2, -0.15) is 0 Å². The lowest BCUT2D eigenvalue weighted by molar-refractivity contribution is 1.05. The van der Waals surface area contributed by atoms with Gasteiger partial charge in [-0.3, -0.25) is 0 Å². The summed E-state index contributed by atoms with van der Waals surface area (Å²) in [6.45, 7) is 2.10. The Balaban J connectivity index is 2.38.